The van der Waals surface area contributed by atoms with Crippen LogP contribution in [0.25, 0.3) is 0 Å². The van der Waals surface area contributed by atoms with Crippen molar-refractivity contribution in [1.82, 2.24) is 4.90 Å². The lowest BCUT2D eigenvalue weighted by molar-refractivity contribution is -0.128. The molecule has 0 aliphatic carbocycles. The first-order valence-corrected chi connectivity index (χ1v) is 8.22. The number of aliphatic hydroxyl groups excluding tert-OH is 1. The van der Waals surface area contributed by atoms with Gasteiger partial charge in [0.05, 0.1) is 13.2 Å². The van der Waals surface area contributed by atoms with Gasteiger partial charge in [-0.2, -0.15) is 0 Å². The summed E-state index contributed by atoms with van der Waals surface area (Å²) < 4.78 is 9.70. The monoisotopic (exact) mass is 303 g/mol. The Balaban J connectivity index is 3.46. The second-order valence-electron chi connectivity index (χ2n) is 5.35. The number of hydrogen-bond acceptors (Lipinski definition) is 5. The fourth-order valence-corrected chi connectivity index (χ4v) is 2.33. The second kappa shape index (κ2) is 17.4. The molecule has 0 aromatic heterocycles. The molecule has 5 nitrogen and oxygen atoms in total. The maximum Gasteiger partial charge on any atom is 0.293 e. The smallest absolute Gasteiger partial charge is 0.293 e. The van der Waals surface area contributed by atoms with E-state index in [4.69, 9.17) is 9.84 Å². The molecule has 126 valence electrons. The van der Waals surface area contributed by atoms with E-state index in [0.29, 0.717) is 13.1 Å². The largest absolute Gasteiger partial charge is 0.468 e. The minimum Gasteiger partial charge on any atom is -0.468 e. The van der Waals surface area contributed by atoms with E-state index in [2.05, 4.69) is 9.64 Å². The number of methoxy groups -OCH3 is 1. The molecule has 0 spiro atoms. The van der Waals surface area contributed by atoms with E-state index in [1.54, 1.807) is 7.11 Å². The highest BCUT2D eigenvalue weighted by Gasteiger charge is 2.03. The fourth-order valence-electron chi connectivity index (χ4n) is 2.33. The van der Waals surface area contributed by atoms with Gasteiger partial charge >= 0.3 is 0 Å². The fraction of sp³-hybridized carbons (Fsp3) is 0.938. The summed E-state index contributed by atoms with van der Waals surface area (Å²) in [5.41, 5.74) is 0. The van der Waals surface area contributed by atoms with E-state index in [9.17, 15) is 4.79 Å². The third-order valence-electron chi connectivity index (χ3n) is 3.54. The van der Waals surface area contributed by atoms with Crippen LogP contribution in [0.2, 0.25) is 0 Å². The number of ether oxygens (including phenoxy) is 2. The van der Waals surface area contributed by atoms with Crippen LogP contribution >= 0.6 is 0 Å². The van der Waals surface area contributed by atoms with Crippen LogP contribution in [0, 0.1) is 0 Å². The summed E-state index contributed by atoms with van der Waals surface area (Å²) in [5.74, 6) is 0. The van der Waals surface area contributed by atoms with Crippen molar-refractivity contribution >= 4 is 6.47 Å². The van der Waals surface area contributed by atoms with Crippen LogP contribution in [0.1, 0.15) is 51.4 Å². The number of hydrogen-bond donors (Lipinski definition) is 1. The molecule has 0 atom stereocenters. The van der Waals surface area contributed by atoms with Crippen LogP contribution in [0.5, 0.6) is 0 Å². The first kappa shape index (κ1) is 20.3. The van der Waals surface area contributed by atoms with E-state index in [1.165, 1.54) is 25.7 Å². The number of carbonyl (C=O) groups excluding carboxylic acids is 1. The molecule has 5 heteroatoms. The molecule has 0 aliphatic rings. The molecule has 0 aromatic rings. The van der Waals surface area contributed by atoms with Crippen molar-refractivity contribution in [3.8, 4) is 0 Å². The average molecular weight is 303 g/mol. The van der Waals surface area contributed by atoms with Crippen LogP contribution in [-0.4, -0.2) is 63.0 Å². The molecule has 0 aliphatic heterocycles. The topological polar surface area (TPSA) is 59.0 Å². The van der Waals surface area contributed by atoms with Crippen molar-refractivity contribution in [2.45, 2.75) is 51.4 Å². The van der Waals surface area contributed by atoms with Crippen molar-refractivity contribution in [3.63, 3.8) is 0 Å². The van der Waals surface area contributed by atoms with E-state index in [0.717, 1.165) is 51.9 Å². The van der Waals surface area contributed by atoms with Gasteiger partial charge in [-0.25, -0.2) is 0 Å². The molecule has 0 unspecified atom stereocenters. The molecule has 0 rings (SSSR count). The third-order valence-corrected chi connectivity index (χ3v) is 3.54. The Labute approximate surface area is 129 Å². The first-order valence-electron chi connectivity index (χ1n) is 8.22. The maximum atomic E-state index is 10.00. The number of carbonyl (C=O) groups is 1. The molecule has 1 N–H and O–H groups in total. The summed E-state index contributed by atoms with van der Waals surface area (Å²) in [6, 6.07) is 0. The van der Waals surface area contributed by atoms with Gasteiger partial charge in [-0.05, 0) is 45.2 Å². The molecule has 0 radical (unpaired) electrons. The van der Waals surface area contributed by atoms with Crippen LogP contribution in [0.3, 0.4) is 0 Å². The highest BCUT2D eigenvalue weighted by molar-refractivity contribution is 5.36. The summed E-state index contributed by atoms with van der Waals surface area (Å²) in [6.07, 6.45) is 9.18. The first-order chi connectivity index (χ1) is 10.3. The molecule has 0 saturated carbocycles. The van der Waals surface area contributed by atoms with Crippen LogP contribution in [0.15, 0.2) is 0 Å². The van der Waals surface area contributed by atoms with Gasteiger partial charge in [-0.15, -0.1) is 0 Å². The van der Waals surface area contributed by atoms with E-state index < -0.39 is 0 Å². The van der Waals surface area contributed by atoms with Crippen LogP contribution in [-0.2, 0) is 14.3 Å². The van der Waals surface area contributed by atoms with Gasteiger partial charge in [0.25, 0.3) is 6.47 Å². The summed E-state index contributed by atoms with van der Waals surface area (Å²) in [4.78, 5) is 12.3. The lowest BCUT2D eigenvalue weighted by Gasteiger charge is -2.21. The predicted octanol–water partition coefficient (Wildman–Crippen LogP) is 2.22. The highest BCUT2D eigenvalue weighted by atomic mass is 16.5. The van der Waals surface area contributed by atoms with Gasteiger partial charge in [0, 0.05) is 20.3 Å². The Morgan fingerprint density at radius 1 is 0.857 bits per heavy atom. The molecular formula is C16H33NO4. The molecule has 0 amide bonds. The highest BCUT2D eigenvalue weighted by Crippen LogP contribution is 2.06. The number of nitrogens with zero attached hydrogens (tertiary/aromatic N) is 1. The number of aliphatic hydroxyl groups is 1. The SMILES string of the molecule is COCCCCCCCN(CCO)CCCCCOC=O. The van der Waals surface area contributed by atoms with Crippen molar-refractivity contribution in [2.75, 3.05) is 46.6 Å². The van der Waals surface area contributed by atoms with E-state index >= 15 is 0 Å². The second-order valence-corrected chi connectivity index (χ2v) is 5.35. The number of unbranched alkanes of at least 4 members (excludes halogenated alkanes) is 6. The Bertz CT molecular complexity index is 214. The zero-order chi connectivity index (χ0) is 15.6. The zero-order valence-corrected chi connectivity index (χ0v) is 13.6. The zero-order valence-electron chi connectivity index (χ0n) is 13.6. The van der Waals surface area contributed by atoms with Crippen molar-refractivity contribution in [3.05, 3.63) is 0 Å². The maximum absolute atomic E-state index is 10.00. The minimum absolute atomic E-state index is 0.224. The normalized spacial score (nSPS) is 11.0. The Morgan fingerprint density at radius 2 is 1.43 bits per heavy atom. The van der Waals surface area contributed by atoms with Crippen molar-refractivity contribution in [1.29, 1.82) is 0 Å². The van der Waals surface area contributed by atoms with Gasteiger partial charge in [-0.3, -0.25) is 4.79 Å². The van der Waals surface area contributed by atoms with Crippen LogP contribution < -0.4 is 0 Å². The molecule has 0 heterocycles. The summed E-state index contributed by atoms with van der Waals surface area (Å²) in [6.45, 7) is 4.96. The van der Waals surface area contributed by atoms with Gasteiger partial charge in [0.15, 0.2) is 0 Å². The van der Waals surface area contributed by atoms with E-state index in [-0.39, 0.29) is 6.61 Å². The molecule has 0 aromatic carbocycles. The third kappa shape index (κ3) is 15.6. The molecule has 0 saturated heterocycles. The lowest BCUT2D eigenvalue weighted by atomic mass is 10.1. The molecular weight excluding hydrogens is 270 g/mol. The minimum atomic E-state index is 0.224. The van der Waals surface area contributed by atoms with Gasteiger partial charge < -0.3 is 19.5 Å². The Hall–Kier alpha value is -0.650. The summed E-state index contributed by atoms with van der Waals surface area (Å²) >= 11 is 0. The molecule has 0 fully saturated rings. The summed E-state index contributed by atoms with van der Waals surface area (Å²) in [5, 5.41) is 9.09. The average Bonchev–Trinajstić information content (AvgIpc) is 2.49. The Morgan fingerprint density at radius 3 is 2.05 bits per heavy atom. The molecule has 0 bridgehead atoms. The quantitative estimate of drug-likeness (QED) is 0.330. The van der Waals surface area contributed by atoms with Gasteiger partial charge in [0.2, 0.25) is 0 Å². The predicted molar refractivity (Wildman–Crippen MR) is 84.4 cm³/mol. The van der Waals surface area contributed by atoms with Gasteiger partial charge in [0.1, 0.15) is 0 Å². The van der Waals surface area contributed by atoms with Crippen molar-refractivity contribution in [2.24, 2.45) is 0 Å². The van der Waals surface area contributed by atoms with Crippen molar-refractivity contribution < 1.29 is 19.4 Å². The number of rotatable bonds is 17. The standard InChI is InChI=1S/C16H33NO4/c1-20-14-8-4-2-3-6-10-17(12-13-18)11-7-5-9-15-21-16-19/h16,18H,2-15H2,1H3. The van der Waals surface area contributed by atoms with E-state index in [1.807, 2.05) is 0 Å². The van der Waals surface area contributed by atoms with Gasteiger partial charge in [-0.1, -0.05) is 19.3 Å². The Kier molecular flexibility index (Phi) is 16.9. The molecule has 21 heavy (non-hydrogen) atoms. The summed E-state index contributed by atoms with van der Waals surface area (Å²) in [7, 11) is 1.75. The van der Waals surface area contributed by atoms with Crippen LogP contribution in [0.4, 0.5) is 0 Å². The lowest BCUT2D eigenvalue weighted by Crippen LogP contribution is -2.29.